The Labute approximate surface area is 192 Å². The Morgan fingerprint density at radius 1 is 1.21 bits per heavy atom. The maximum atomic E-state index is 11.9. The van der Waals surface area contributed by atoms with Crippen LogP contribution in [-0.2, 0) is 16.1 Å². The molecule has 0 heterocycles. The molecule has 1 aliphatic rings. The number of nitrogens with one attached hydrogen (secondary N) is 2. The first-order valence-electron chi connectivity index (χ1n) is 10.4. The number of aliphatic imine (C=N–C) groups is 1. The van der Waals surface area contributed by atoms with Gasteiger partial charge in [-0.3, -0.25) is 4.79 Å². The third kappa shape index (κ3) is 10.8. The summed E-state index contributed by atoms with van der Waals surface area (Å²) in [5.74, 6) is 1.08. The molecule has 1 fully saturated rings. The van der Waals surface area contributed by atoms with Crippen LogP contribution in [0, 0.1) is 5.92 Å². The zero-order valence-electron chi connectivity index (χ0n) is 18.0. The van der Waals surface area contributed by atoms with Crippen LogP contribution in [0.1, 0.15) is 44.6 Å². The summed E-state index contributed by atoms with van der Waals surface area (Å²) in [5.41, 5.74) is 1.19. The number of hydrogen-bond acceptors (Lipinski definition) is 3. The maximum Gasteiger partial charge on any atom is 0.243 e. The van der Waals surface area contributed by atoms with Crippen molar-refractivity contribution in [2.45, 2.75) is 51.7 Å². The molecule has 0 spiro atoms. The predicted octanol–water partition coefficient (Wildman–Crippen LogP) is 3.41. The van der Waals surface area contributed by atoms with E-state index in [1.54, 1.807) is 19.0 Å². The number of likely N-dealkylation sites (N-methyl/N-ethyl adjacent to an activating group) is 1. The molecule has 2 rings (SSSR count). The van der Waals surface area contributed by atoms with Crippen LogP contribution in [-0.4, -0.2) is 56.6 Å². The van der Waals surface area contributed by atoms with E-state index in [0.717, 1.165) is 25.3 Å². The van der Waals surface area contributed by atoms with Gasteiger partial charge in [-0.05, 0) is 24.3 Å². The molecule has 1 aliphatic carbocycles. The van der Waals surface area contributed by atoms with Crippen molar-refractivity contribution in [3.05, 3.63) is 35.9 Å². The maximum absolute atomic E-state index is 11.9. The van der Waals surface area contributed by atoms with E-state index in [1.165, 1.54) is 24.8 Å². The Bertz CT molecular complexity index is 604. The van der Waals surface area contributed by atoms with Crippen molar-refractivity contribution >= 4 is 35.8 Å². The van der Waals surface area contributed by atoms with E-state index in [1.807, 2.05) is 18.2 Å². The van der Waals surface area contributed by atoms with E-state index in [0.29, 0.717) is 25.2 Å². The zero-order valence-corrected chi connectivity index (χ0v) is 20.4. The highest BCUT2D eigenvalue weighted by atomic mass is 127. The molecule has 1 unspecified atom stereocenters. The summed E-state index contributed by atoms with van der Waals surface area (Å²) in [6.07, 6.45) is 6.15. The number of benzene rings is 1. The minimum absolute atomic E-state index is 0. The quantitative estimate of drug-likeness (QED) is 0.300. The highest BCUT2D eigenvalue weighted by molar-refractivity contribution is 14.0. The second-order valence-electron chi connectivity index (χ2n) is 7.92. The summed E-state index contributed by atoms with van der Waals surface area (Å²) >= 11 is 0. The van der Waals surface area contributed by atoms with E-state index in [2.05, 4.69) is 34.7 Å². The first-order valence-corrected chi connectivity index (χ1v) is 10.4. The zero-order chi connectivity index (χ0) is 20.2. The molecular weight excluding hydrogens is 479 g/mol. The van der Waals surface area contributed by atoms with Crippen molar-refractivity contribution in [2.75, 3.05) is 33.8 Å². The van der Waals surface area contributed by atoms with Crippen LogP contribution >= 0.6 is 24.0 Å². The van der Waals surface area contributed by atoms with Gasteiger partial charge in [0.2, 0.25) is 5.91 Å². The molecule has 0 saturated heterocycles. The molecule has 29 heavy (non-hydrogen) atoms. The van der Waals surface area contributed by atoms with Gasteiger partial charge in [0.05, 0.1) is 13.2 Å². The topological polar surface area (TPSA) is 66.0 Å². The van der Waals surface area contributed by atoms with Gasteiger partial charge in [-0.15, -0.1) is 24.0 Å². The molecule has 1 aromatic carbocycles. The van der Waals surface area contributed by atoms with E-state index < -0.39 is 0 Å². The van der Waals surface area contributed by atoms with E-state index in [4.69, 9.17) is 4.74 Å². The SMILES string of the molecule is CC(CNC(=NCC(=O)N(C)C)NC1CCCCC1)COCc1ccccc1.I. The second kappa shape index (κ2) is 14.6. The summed E-state index contributed by atoms with van der Waals surface area (Å²) in [7, 11) is 3.51. The van der Waals surface area contributed by atoms with E-state index in [9.17, 15) is 4.79 Å². The van der Waals surface area contributed by atoms with Crippen molar-refractivity contribution in [3.63, 3.8) is 0 Å². The fraction of sp³-hybridized carbons (Fsp3) is 0.636. The molecule has 1 aromatic rings. The Morgan fingerprint density at radius 2 is 1.90 bits per heavy atom. The molecule has 0 bridgehead atoms. The summed E-state index contributed by atoms with van der Waals surface area (Å²) < 4.78 is 5.83. The summed E-state index contributed by atoms with van der Waals surface area (Å²) in [6, 6.07) is 10.7. The van der Waals surface area contributed by atoms with E-state index in [-0.39, 0.29) is 36.4 Å². The Kier molecular flexibility index (Phi) is 12.9. The normalized spacial score (nSPS) is 15.9. The number of hydrogen-bond donors (Lipinski definition) is 2. The van der Waals surface area contributed by atoms with E-state index >= 15 is 0 Å². The fourth-order valence-corrected chi connectivity index (χ4v) is 3.16. The van der Waals surface area contributed by atoms with Crippen LogP contribution in [0.3, 0.4) is 0 Å². The Balaban J connectivity index is 0.00000420. The highest BCUT2D eigenvalue weighted by Crippen LogP contribution is 2.17. The van der Waals surface area contributed by atoms with Gasteiger partial charge >= 0.3 is 0 Å². The smallest absolute Gasteiger partial charge is 0.243 e. The predicted molar refractivity (Wildman–Crippen MR) is 130 cm³/mol. The van der Waals surface area contributed by atoms with Crippen LogP contribution in [0.5, 0.6) is 0 Å². The van der Waals surface area contributed by atoms with Crippen LogP contribution in [0.2, 0.25) is 0 Å². The summed E-state index contributed by atoms with van der Waals surface area (Å²) in [6.45, 7) is 4.37. The van der Waals surface area contributed by atoms with Crippen molar-refractivity contribution in [1.82, 2.24) is 15.5 Å². The third-order valence-electron chi connectivity index (χ3n) is 4.95. The lowest BCUT2D eigenvalue weighted by Crippen LogP contribution is -2.46. The molecule has 1 saturated carbocycles. The second-order valence-corrected chi connectivity index (χ2v) is 7.92. The number of guanidine groups is 1. The molecular formula is C22H37IN4O2. The monoisotopic (exact) mass is 516 g/mol. The summed E-state index contributed by atoms with van der Waals surface area (Å²) in [5, 5.41) is 6.91. The average molecular weight is 516 g/mol. The molecule has 0 aromatic heterocycles. The molecule has 7 heteroatoms. The molecule has 0 radical (unpaired) electrons. The number of ether oxygens (including phenoxy) is 1. The molecule has 1 atom stereocenters. The lowest BCUT2D eigenvalue weighted by molar-refractivity contribution is -0.127. The minimum Gasteiger partial charge on any atom is -0.376 e. The number of carbonyl (C=O) groups is 1. The molecule has 6 nitrogen and oxygen atoms in total. The van der Waals surface area contributed by atoms with Crippen LogP contribution in [0.25, 0.3) is 0 Å². The third-order valence-corrected chi connectivity index (χ3v) is 4.95. The van der Waals surface area contributed by atoms with Gasteiger partial charge < -0.3 is 20.3 Å². The van der Waals surface area contributed by atoms with Crippen LogP contribution in [0.15, 0.2) is 35.3 Å². The average Bonchev–Trinajstić information content (AvgIpc) is 2.71. The van der Waals surface area contributed by atoms with Gasteiger partial charge in [0.15, 0.2) is 5.96 Å². The number of rotatable bonds is 9. The number of amides is 1. The van der Waals surface area contributed by atoms with Crippen molar-refractivity contribution < 1.29 is 9.53 Å². The van der Waals surface area contributed by atoms with Crippen LogP contribution < -0.4 is 10.6 Å². The van der Waals surface area contributed by atoms with Crippen molar-refractivity contribution in [3.8, 4) is 0 Å². The van der Waals surface area contributed by atoms with Gasteiger partial charge in [0, 0.05) is 26.7 Å². The number of carbonyl (C=O) groups excluding carboxylic acids is 1. The molecule has 2 N–H and O–H groups in total. The Hall–Kier alpha value is -1.35. The highest BCUT2D eigenvalue weighted by Gasteiger charge is 2.15. The number of nitrogens with zero attached hydrogens (tertiary/aromatic N) is 2. The van der Waals surface area contributed by atoms with Crippen molar-refractivity contribution in [1.29, 1.82) is 0 Å². The fourth-order valence-electron chi connectivity index (χ4n) is 3.16. The van der Waals surface area contributed by atoms with Gasteiger partial charge in [-0.25, -0.2) is 4.99 Å². The standard InChI is InChI=1S/C22H36N4O2.HI/c1-18(16-28-17-19-10-6-4-7-11-19)14-23-22(24-15-21(27)26(2)3)25-20-12-8-5-9-13-20;/h4,6-7,10-11,18,20H,5,8-9,12-17H2,1-3H3,(H2,23,24,25);1H. The molecule has 164 valence electrons. The van der Waals surface area contributed by atoms with Gasteiger partial charge in [0.1, 0.15) is 6.54 Å². The first kappa shape index (κ1) is 25.7. The van der Waals surface area contributed by atoms with Gasteiger partial charge in [-0.2, -0.15) is 0 Å². The van der Waals surface area contributed by atoms with Gasteiger partial charge in [0.25, 0.3) is 0 Å². The lowest BCUT2D eigenvalue weighted by atomic mass is 9.96. The largest absolute Gasteiger partial charge is 0.376 e. The van der Waals surface area contributed by atoms with Crippen LogP contribution in [0.4, 0.5) is 0 Å². The molecule has 0 aliphatic heterocycles. The molecule has 1 amide bonds. The minimum atomic E-state index is 0. The summed E-state index contributed by atoms with van der Waals surface area (Å²) in [4.78, 5) is 18.0. The lowest BCUT2D eigenvalue weighted by Gasteiger charge is -2.26. The first-order chi connectivity index (χ1) is 13.5. The van der Waals surface area contributed by atoms with Crippen molar-refractivity contribution in [2.24, 2.45) is 10.9 Å². The number of halogens is 1. The Morgan fingerprint density at radius 3 is 2.55 bits per heavy atom. The van der Waals surface area contributed by atoms with Gasteiger partial charge in [-0.1, -0.05) is 56.5 Å².